The van der Waals surface area contributed by atoms with Gasteiger partial charge in [-0.25, -0.2) is 9.97 Å². The van der Waals surface area contributed by atoms with Crippen LogP contribution in [-0.4, -0.2) is 19.5 Å². The molecule has 2 heterocycles. The summed E-state index contributed by atoms with van der Waals surface area (Å²) in [5.41, 5.74) is 4.28. The van der Waals surface area contributed by atoms with Crippen LogP contribution in [0.2, 0.25) is 0 Å². The second-order valence-corrected chi connectivity index (χ2v) is 4.00. The number of aromatic amines is 1. The molecule has 0 aliphatic carbocycles. The number of nitrogens with one attached hydrogen (secondary N) is 1. The number of hydrogen-bond acceptors (Lipinski definition) is 2. The van der Waals surface area contributed by atoms with Gasteiger partial charge in [0, 0.05) is 7.05 Å². The van der Waals surface area contributed by atoms with Gasteiger partial charge in [0.1, 0.15) is 5.69 Å². The molecule has 0 amide bonds. The molecule has 0 spiro atoms. The van der Waals surface area contributed by atoms with Crippen LogP contribution < -0.4 is 0 Å². The van der Waals surface area contributed by atoms with E-state index in [0.717, 1.165) is 22.6 Å². The Kier molecular flexibility index (Phi) is 1.83. The van der Waals surface area contributed by atoms with Crippen LogP contribution in [0.15, 0.2) is 30.7 Å². The van der Waals surface area contributed by atoms with E-state index in [0.29, 0.717) is 0 Å². The smallest absolute Gasteiger partial charge is 0.156 e. The quantitative estimate of drug-likeness (QED) is 0.672. The lowest BCUT2D eigenvalue weighted by Crippen LogP contribution is -1.90. The fourth-order valence-electron chi connectivity index (χ4n) is 1.83. The third-order valence-electron chi connectivity index (χ3n) is 2.70. The SMILES string of the molecule is Cc1ccc2nc(-c3cncn3C)[nH]c2c1. The van der Waals surface area contributed by atoms with Crippen molar-refractivity contribution in [2.24, 2.45) is 7.05 Å². The molecular weight excluding hydrogens is 200 g/mol. The van der Waals surface area contributed by atoms with Crippen LogP contribution in [0.5, 0.6) is 0 Å². The summed E-state index contributed by atoms with van der Waals surface area (Å²) < 4.78 is 1.95. The summed E-state index contributed by atoms with van der Waals surface area (Å²) in [5, 5.41) is 0. The molecule has 0 atom stereocenters. The van der Waals surface area contributed by atoms with Crippen molar-refractivity contribution in [2.75, 3.05) is 0 Å². The fraction of sp³-hybridized carbons (Fsp3) is 0.167. The molecule has 2 aromatic heterocycles. The second kappa shape index (κ2) is 3.20. The van der Waals surface area contributed by atoms with Crippen LogP contribution in [0.4, 0.5) is 0 Å². The summed E-state index contributed by atoms with van der Waals surface area (Å²) in [5.74, 6) is 0.862. The van der Waals surface area contributed by atoms with E-state index in [9.17, 15) is 0 Å². The molecule has 0 aliphatic heterocycles. The maximum atomic E-state index is 4.54. The second-order valence-electron chi connectivity index (χ2n) is 4.00. The molecule has 80 valence electrons. The monoisotopic (exact) mass is 212 g/mol. The van der Waals surface area contributed by atoms with Crippen LogP contribution >= 0.6 is 0 Å². The van der Waals surface area contributed by atoms with E-state index < -0.39 is 0 Å². The molecule has 0 bridgehead atoms. The highest BCUT2D eigenvalue weighted by atomic mass is 15.1. The first kappa shape index (κ1) is 9.15. The Morgan fingerprint density at radius 1 is 1.31 bits per heavy atom. The number of hydrogen-bond donors (Lipinski definition) is 1. The minimum Gasteiger partial charge on any atom is -0.337 e. The summed E-state index contributed by atoms with van der Waals surface area (Å²) in [6, 6.07) is 6.19. The minimum absolute atomic E-state index is 0.862. The molecule has 1 aromatic carbocycles. The first-order valence-electron chi connectivity index (χ1n) is 5.17. The summed E-state index contributed by atoms with van der Waals surface area (Å²) in [4.78, 5) is 11.9. The van der Waals surface area contributed by atoms with E-state index in [1.807, 2.05) is 23.9 Å². The lowest BCUT2D eigenvalue weighted by Gasteiger charge is -1.95. The van der Waals surface area contributed by atoms with Gasteiger partial charge in [0.2, 0.25) is 0 Å². The van der Waals surface area contributed by atoms with Crippen molar-refractivity contribution in [3.8, 4) is 11.5 Å². The Balaban J connectivity index is 2.23. The molecule has 0 saturated carbocycles. The standard InChI is InChI=1S/C12H12N4/c1-8-3-4-9-10(5-8)15-12(14-9)11-6-13-7-16(11)2/h3-7H,1-2H3,(H,14,15). The zero-order chi connectivity index (χ0) is 11.1. The van der Waals surface area contributed by atoms with E-state index >= 15 is 0 Å². The van der Waals surface area contributed by atoms with Gasteiger partial charge in [0.15, 0.2) is 5.82 Å². The Bertz CT molecular complexity index is 648. The molecule has 0 aliphatic rings. The number of rotatable bonds is 1. The van der Waals surface area contributed by atoms with Crippen LogP contribution in [0.3, 0.4) is 0 Å². The molecule has 0 unspecified atom stereocenters. The highest BCUT2D eigenvalue weighted by molar-refractivity contribution is 5.79. The molecule has 3 rings (SSSR count). The van der Waals surface area contributed by atoms with Crippen molar-refractivity contribution in [3.63, 3.8) is 0 Å². The van der Waals surface area contributed by atoms with E-state index in [-0.39, 0.29) is 0 Å². The van der Waals surface area contributed by atoms with Gasteiger partial charge < -0.3 is 9.55 Å². The number of aryl methyl sites for hydroxylation is 2. The van der Waals surface area contributed by atoms with Gasteiger partial charge in [-0.3, -0.25) is 0 Å². The van der Waals surface area contributed by atoms with Crippen molar-refractivity contribution in [1.82, 2.24) is 19.5 Å². The van der Waals surface area contributed by atoms with Gasteiger partial charge in [-0.1, -0.05) is 6.07 Å². The van der Waals surface area contributed by atoms with E-state index in [1.54, 1.807) is 6.33 Å². The highest BCUT2D eigenvalue weighted by Gasteiger charge is 2.07. The van der Waals surface area contributed by atoms with Crippen molar-refractivity contribution < 1.29 is 0 Å². The molecule has 0 saturated heterocycles. The normalized spacial score (nSPS) is 11.1. The summed E-state index contributed by atoms with van der Waals surface area (Å²) in [7, 11) is 1.96. The minimum atomic E-state index is 0.862. The van der Waals surface area contributed by atoms with Crippen LogP contribution in [0.25, 0.3) is 22.6 Å². The maximum Gasteiger partial charge on any atom is 0.156 e. The first-order chi connectivity index (χ1) is 7.74. The van der Waals surface area contributed by atoms with Crippen molar-refractivity contribution in [3.05, 3.63) is 36.3 Å². The van der Waals surface area contributed by atoms with Gasteiger partial charge in [0.25, 0.3) is 0 Å². The van der Waals surface area contributed by atoms with Gasteiger partial charge in [0.05, 0.1) is 23.6 Å². The van der Waals surface area contributed by atoms with E-state index in [1.165, 1.54) is 5.56 Å². The number of imidazole rings is 2. The van der Waals surface area contributed by atoms with Crippen molar-refractivity contribution >= 4 is 11.0 Å². The number of benzene rings is 1. The van der Waals surface area contributed by atoms with Gasteiger partial charge in [-0.2, -0.15) is 0 Å². The predicted octanol–water partition coefficient (Wildman–Crippen LogP) is 2.27. The van der Waals surface area contributed by atoms with E-state index in [4.69, 9.17) is 0 Å². The number of nitrogens with zero attached hydrogens (tertiary/aromatic N) is 3. The molecule has 0 fully saturated rings. The molecule has 4 heteroatoms. The third kappa shape index (κ3) is 1.31. The average molecular weight is 212 g/mol. The Hall–Kier alpha value is -2.10. The Morgan fingerprint density at radius 2 is 2.19 bits per heavy atom. The average Bonchev–Trinajstić information content (AvgIpc) is 2.82. The molecule has 3 aromatic rings. The summed E-state index contributed by atoms with van der Waals surface area (Å²) >= 11 is 0. The molecular formula is C12H12N4. The zero-order valence-electron chi connectivity index (χ0n) is 9.23. The topological polar surface area (TPSA) is 46.5 Å². The highest BCUT2D eigenvalue weighted by Crippen LogP contribution is 2.20. The Labute approximate surface area is 93.0 Å². The van der Waals surface area contributed by atoms with Crippen LogP contribution in [0, 0.1) is 6.92 Å². The predicted molar refractivity (Wildman–Crippen MR) is 63.0 cm³/mol. The fourth-order valence-corrected chi connectivity index (χ4v) is 1.83. The van der Waals surface area contributed by atoms with Gasteiger partial charge in [-0.05, 0) is 24.6 Å². The molecule has 16 heavy (non-hydrogen) atoms. The lowest BCUT2D eigenvalue weighted by atomic mass is 10.2. The molecule has 0 radical (unpaired) electrons. The molecule has 4 nitrogen and oxygen atoms in total. The number of fused-ring (bicyclic) bond motifs is 1. The third-order valence-corrected chi connectivity index (χ3v) is 2.70. The molecule has 1 N–H and O–H groups in total. The van der Waals surface area contributed by atoms with E-state index in [2.05, 4.69) is 34.0 Å². The zero-order valence-corrected chi connectivity index (χ0v) is 9.23. The largest absolute Gasteiger partial charge is 0.337 e. The van der Waals surface area contributed by atoms with Crippen molar-refractivity contribution in [2.45, 2.75) is 6.92 Å². The summed E-state index contributed by atoms with van der Waals surface area (Å²) in [6.45, 7) is 2.07. The maximum absolute atomic E-state index is 4.54. The number of aromatic nitrogens is 4. The van der Waals surface area contributed by atoms with Crippen LogP contribution in [-0.2, 0) is 7.05 Å². The first-order valence-corrected chi connectivity index (χ1v) is 5.17. The summed E-state index contributed by atoms with van der Waals surface area (Å²) in [6.07, 6.45) is 3.58. The van der Waals surface area contributed by atoms with Gasteiger partial charge >= 0.3 is 0 Å². The Morgan fingerprint density at radius 3 is 2.94 bits per heavy atom. The van der Waals surface area contributed by atoms with Crippen molar-refractivity contribution in [1.29, 1.82) is 0 Å². The van der Waals surface area contributed by atoms with Gasteiger partial charge in [-0.15, -0.1) is 0 Å². The lowest BCUT2D eigenvalue weighted by molar-refractivity contribution is 0.913. The van der Waals surface area contributed by atoms with Crippen LogP contribution in [0.1, 0.15) is 5.56 Å². The number of H-pyrrole nitrogens is 1.